The van der Waals surface area contributed by atoms with Gasteiger partial charge in [0.15, 0.2) is 0 Å². The van der Waals surface area contributed by atoms with Gasteiger partial charge in [0.05, 0.1) is 7.11 Å². The van der Waals surface area contributed by atoms with Crippen molar-refractivity contribution in [3.05, 3.63) is 29.8 Å². The standard InChI is InChI=1S/C19H28N2O3/c1-14(2)12-17(19(23)21-10-5-4-6-11-21)20-18(22)15-8-7-9-16(13-15)24-3/h7-9,13-14,17H,4-6,10-12H2,1-3H3,(H,20,22)/t17-/m0/s1. The van der Waals surface area contributed by atoms with Crippen LogP contribution in [0.5, 0.6) is 5.75 Å². The van der Waals surface area contributed by atoms with E-state index < -0.39 is 6.04 Å². The molecule has 1 fully saturated rings. The summed E-state index contributed by atoms with van der Waals surface area (Å²) in [7, 11) is 1.57. The minimum atomic E-state index is -0.471. The van der Waals surface area contributed by atoms with Crippen molar-refractivity contribution in [1.29, 1.82) is 0 Å². The second-order valence-electron chi connectivity index (χ2n) is 6.77. The van der Waals surface area contributed by atoms with Crippen LogP contribution in [0, 0.1) is 5.92 Å². The third kappa shape index (κ3) is 4.98. The molecule has 0 bridgehead atoms. The van der Waals surface area contributed by atoms with Crippen LogP contribution in [-0.2, 0) is 4.79 Å². The van der Waals surface area contributed by atoms with Gasteiger partial charge in [-0.05, 0) is 49.8 Å². The Labute approximate surface area is 144 Å². The van der Waals surface area contributed by atoms with Crippen molar-refractivity contribution in [1.82, 2.24) is 10.2 Å². The average Bonchev–Trinajstić information content (AvgIpc) is 2.60. The summed E-state index contributed by atoms with van der Waals surface area (Å²) in [6, 6.07) is 6.52. The van der Waals surface area contributed by atoms with E-state index in [4.69, 9.17) is 4.74 Å². The summed E-state index contributed by atoms with van der Waals surface area (Å²) in [5, 5.41) is 2.93. The lowest BCUT2D eigenvalue weighted by molar-refractivity contribution is -0.134. The van der Waals surface area contributed by atoms with E-state index in [1.807, 2.05) is 4.90 Å². The zero-order valence-electron chi connectivity index (χ0n) is 14.9. The Morgan fingerprint density at radius 3 is 2.54 bits per heavy atom. The third-order valence-corrected chi connectivity index (χ3v) is 4.31. The minimum Gasteiger partial charge on any atom is -0.497 e. The molecule has 132 valence electrons. The molecular weight excluding hydrogens is 304 g/mol. The molecule has 1 aliphatic heterocycles. The van der Waals surface area contributed by atoms with Crippen LogP contribution in [0.2, 0.25) is 0 Å². The molecule has 0 unspecified atom stereocenters. The van der Waals surface area contributed by atoms with Gasteiger partial charge in [-0.25, -0.2) is 0 Å². The molecule has 24 heavy (non-hydrogen) atoms. The van der Waals surface area contributed by atoms with Crippen molar-refractivity contribution >= 4 is 11.8 Å². The predicted molar refractivity (Wildman–Crippen MR) is 94.1 cm³/mol. The fourth-order valence-corrected chi connectivity index (χ4v) is 3.03. The highest BCUT2D eigenvalue weighted by molar-refractivity contribution is 5.97. The number of hydrogen-bond donors (Lipinski definition) is 1. The Morgan fingerprint density at radius 1 is 1.21 bits per heavy atom. The second-order valence-corrected chi connectivity index (χ2v) is 6.77. The summed E-state index contributed by atoms with van der Waals surface area (Å²) >= 11 is 0. The molecule has 0 saturated carbocycles. The monoisotopic (exact) mass is 332 g/mol. The Bertz CT molecular complexity index is 565. The van der Waals surface area contributed by atoms with Gasteiger partial charge in [-0.3, -0.25) is 9.59 Å². The van der Waals surface area contributed by atoms with Crippen LogP contribution in [0.15, 0.2) is 24.3 Å². The van der Waals surface area contributed by atoms with Crippen LogP contribution in [0.3, 0.4) is 0 Å². The number of nitrogens with zero attached hydrogens (tertiary/aromatic N) is 1. The first-order valence-corrected chi connectivity index (χ1v) is 8.75. The van der Waals surface area contributed by atoms with Gasteiger partial charge in [0.1, 0.15) is 11.8 Å². The minimum absolute atomic E-state index is 0.0413. The molecule has 2 rings (SSSR count). The lowest BCUT2D eigenvalue weighted by atomic mass is 10.0. The van der Waals surface area contributed by atoms with Gasteiger partial charge < -0.3 is 15.0 Å². The molecule has 1 N–H and O–H groups in total. The predicted octanol–water partition coefficient (Wildman–Crippen LogP) is 2.85. The molecule has 1 saturated heterocycles. The van der Waals surface area contributed by atoms with Gasteiger partial charge in [-0.1, -0.05) is 19.9 Å². The molecule has 1 aromatic rings. The summed E-state index contributed by atoms with van der Waals surface area (Å²) in [5.74, 6) is 0.768. The maximum Gasteiger partial charge on any atom is 0.252 e. The Morgan fingerprint density at radius 2 is 1.92 bits per heavy atom. The van der Waals surface area contributed by atoms with Gasteiger partial charge in [-0.15, -0.1) is 0 Å². The number of hydrogen-bond acceptors (Lipinski definition) is 3. The first-order chi connectivity index (χ1) is 11.5. The maximum absolute atomic E-state index is 12.8. The summed E-state index contributed by atoms with van der Waals surface area (Å²) < 4.78 is 5.16. The number of carbonyl (C=O) groups is 2. The molecule has 1 atom stereocenters. The van der Waals surface area contributed by atoms with E-state index in [0.29, 0.717) is 23.7 Å². The Balaban J connectivity index is 2.09. The van der Waals surface area contributed by atoms with E-state index in [1.165, 1.54) is 6.42 Å². The van der Waals surface area contributed by atoms with Gasteiger partial charge in [0, 0.05) is 18.7 Å². The SMILES string of the molecule is COc1cccc(C(=O)N[C@@H](CC(C)C)C(=O)N2CCCCC2)c1. The maximum atomic E-state index is 12.8. The van der Waals surface area contributed by atoms with E-state index in [2.05, 4.69) is 19.2 Å². The normalized spacial score (nSPS) is 15.9. The number of nitrogens with one attached hydrogen (secondary N) is 1. The van der Waals surface area contributed by atoms with E-state index >= 15 is 0 Å². The Hall–Kier alpha value is -2.04. The van der Waals surface area contributed by atoms with Gasteiger partial charge in [0.2, 0.25) is 5.91 Å². The zero-order chi connectivity index (χ0) is 17.5. The summed E-state index contributed by atoms with van der Waals surface area (Å²) in [5.41, 5.74) is 0.509. The average molecular weight is 332 g/mol. The van der Waals surface area contributed by atoms with Crippen LogP contribution in [0.4, 0.5) is 0 Å². The Kier molecular flexibility index (Phi) is 6.64. The molecule has 1 aliphatic rings. The number of amides is 2. The van der Waals surface area contributed by atoms with Crippen molar-refractivity contribution < 1.29 is 14.3 Å². The highest BCUT2D eigenvalue weighted by Gasteiger charge is 2.27. The second kappa shape index (κ2) is 8.71. The fourth-order valence-electron chi connectivity index (χ4n) is 3.03. The molecule has 0 spiro atoms. The number of rotatable bonds is 6. The molecule has 1 aromatic carbocycles. The molecule has 0 radical (unpaired) electrons. The van der Waals surface area contributed by atoms with E-state index in [0.717, 1.165) is 25.9 Å². The van der Waals surface area contributed by atoms with E-state index in [1.54, 1.807) is 31.4 Å². The molecule has 0 aliphatic carbocycles. The van der Waals surface area contributed by atoms with Crippen LogP contribution < -0.4 is 10.1 Å². The smallest absolute Gasteiger partial charge is 0.252 e. The van der Waals surface area contributed by atoms with Gasteiger partial charge in [-0.2, -0.15) is 0 Å². The lowest BCUT2D eigenvalue weighted by Crippen LogP contribution is -2.50. The van der Waals surface area contributed by atoms with E-state index in [-0.39, 0.29) is 11.8 Å². The topological polar surface area (TPSA) is 58.6 Å². The quantitative estimate of drug-likeness (QED) is 0.871. The number of likely N-dealkylation sites (tertiary alicyclic amines) is 1. The summed E-state index contributed by atoms with van der Waals surface area (Å²) in [4.78, 5) is 27.3. The van der Waals surface area contributed by atoms with Crippen molar-refractivity contribution in [2.24, 2.45) is 5.92 Å². The molecule has 5 heteroatoms. The largest absolute Gasteiger partial charge is 0.497 e. The third-order valence-electron chi connectivity index (χ3n) is 4.31. The number of ether oxygens (including phenoxy) is 1. The highest BCUT2D eigenvalue weighted by atomic mass is 16.5. The summed E-state index contributed by atoms with van der Waals surface area (Å²) in [6.07, 6.45) is 3.91. The molecular formula is C19H28N2O3. The van der Waals surface area contributed by atoms with Crippen LogP contribution in [-0.4, -0.2) is 43.0 Å². The van der Waals surface area contributed by atoms with Crippen molar-refractivity contribution in [3.63, 3.8) is 0 Å². The van der Waals surface area contributed by atoms with Crippen molar-refractivity contribution in [2.45, 2.75) is 45.6 Å². The molecule has 2 amide bonds. The van der Waals surface area contributed by atoms with Crippen LogP contribution in [0.1, 0.15) is 49.9 Å². The number of methoxy groups -OCH3 is 1. The molecule has 0 aromatic heterocycles. The first kappa shape index (κ1) is 18.3. The van der Waals surface area contributed by atoms with Crippen LogP contribution in [0.25, 0.3) is 0 Å². The number of benzene rings is 1. The first-order valence-electron chi connectivity index (χ1n) is 8.75. The van der Waals surface area contributed by atoms with Gasteiger partial charge >= 0.3 is 0 Å². The van der Waals surface area contributed by atoms with Crippen molar-refractivity contribution in [3.8, 4) is 5.75 Å². The fraction of sp³-hybridized carbons (Fsp3) is 0.579. The molecule has 5 nitrogen and oxygen atoms in total. The van der Waals surface area contributed by atoms with E-state index in [9.17, 15) is 9.59 Å². The highest BCUT2D eigenvalue weighted by Crippen LogP contribution is 2.16. The summed E-state index contributed by atoms with van der Waals surface area (Å²) in [6.45, 7) is 5.72. The number of carbonyl (C=O) groups excluding carboxylic acids is 2. The lowest BCUT2D eigenvalue weighted by Gasteiger charge is -2.31. The molecule has 1 heterocycles. The van der Waals surface area contributed by atoms with Crippen LogP contribution >= 0.6 is 0 Å². The number of piperidine rings is 1. The zero-order valence-corrected chi connectivity index (χ0v) is 14.9. The van der Waals surface area contributed by atoms with Crippen molar-refractivity contribution in [2.75, 3.05) is 20.2 Å². The van der Waals surface area contributed by atoms with Gasteiger partial charge in [0.25, 0.3) is 5.91 Å².